The molecule has 0 aliphatic carbocycles. The van der Waals surface area contributed by atoms with Gasteiger partial charge in [-0.3, -0.25) is 13.9 Å². The van der Waals surface area contributed by atoms with Gasteiger partial charge in [0.1, 0.15) is 29.4 Å². The summed E-state index contributed by atoms with van der Waals surface area (Å²) in [5, 5.41) is 0. The van der Waals surface area contributed by atoms with Gasteiger partial charge in [0.2, 0.25) is 6.86 Å². The van der Waals surface area contributed by atoms with Crippen molar-refractivity contribution in [1.29, 1.82) is 0 Å². The van der Waals surface area contributed by atoms with Crippen LogP contribution in [0.1, 0.15) is 32.3 Å². The Morgan fingerprint density at radius 2 is 1.72 bits per heavy atom. The zero-order valence-corrected chi connectivity index (χ0v) is 20.2. The summed E-state index contributed by atoms with van der Waals surface area (Å²) in [5.74, 6) is 7.41. The topological polar surface area (TPSA) is 91.1 Å². The Kier molecular flexibility index (Phi) is 7.85. The van der Waals surface area contributed by atoms with Gasteiger partial charge in [-0.1, -0.05) is 31.8 Å². The van der Waals surface area contributed by atoms with E-state index in [2.05, 4.69) is 21.8 Å². The molecule has 0 spiro atoms. The zero-order chi connectivity index (χ0) is 25.5. The molecule has 36 heavy (non-hydrogen) atoms. The zero-order valence-electron chi connectivity index (χ0n) is 20.2. The summed E-state index contributed by atoms with van der Waals surface area (Å²) >= 11 is 0. The van der Waals surface area contributed by atoms with E-state index in [1.807, 2.05) is 26.0 Å². The van der Waals surface area contributed by atoms with Crippen molar-refractivity contribution in [2.45, 2.75) is 39.8 Å². The highest BCUT2D eigenvalue weighted by Gasteiger charge is 2.17. The van der Waals surface area contributed by atoms with Crippen LogP contribution in [-0.4, -0.2) is 32.6 Å². The average Bonchev–Trinajstić information content (AvgIpc) is 3.33. The number of hydrogen-bond acceptors (Lipinski definition) is 5. The molecule has 9 heteroatoms. The van der Waals surface area contributed by atoms with Crippen molar-refractivity contribution in [3.05, 3.63) is 74.9 Å². The van der Waals surface area contributed by atoms with Crippen LogP contribution in [0.3, 0.4) is 0 Å². The van der Waals surface area contributed by atoms with E-state index in [9.17, 15) is 14.0 Å². The van der Waals surface area contributed by atoms with E-state index in [0.717, 1.165) is 12.0 Å². The van der Waals surface area contributed by atoms with Gasteiger partial charge in [-0.15, -0.1) is 0 Å². The first-order valence-electron chi connectivity index (χ1n) is 11.8. The number of benzene rings is 2. The minimum Gasteiger partial charge on any atom is -0.481 e. The van der Waals surface area contributed by atoms with Crippen LogP contribution in [0, 0.1) is 11.8 Å². The van der Waals surface area contributed by atoms with Crippen LogP contribution in [0.15, 0.2) is 58.1 Å². The van der Waals surface area contributed by atoms with E-state index >= 15 is 0 Å². The second-order valence-corrected chi connectivity index (χ2v) is 8.07. The highest BCUT2D eigenvalue weighted by atomic mass is 19.1. The number of hydrogen-bond donors (Lipinski definition) is 1. The Bertz CT molecular complexity index is 1520. The number of aromatic amines is 1. The number of halogens is 1. The number of aryl methyl sites for hydroxylation is 1. The number of nitrogens with one attached hydrogen (secondary N) is 1. The van der Waals surface area contributed by atoms with Crippen molar-refractivity contribution < 1.29 is 13.9 Å². The van der Waals surface area contributed by atoms with E-state index in [1.54, 1.807) is 41.0 Å². The van der Waals surface area contributed by atoms with Crippen molar-refractivity contribution in [2.24, 2.45) is 0 Å². The maximum atomic E-state index is 12.9. The quantitative estimate of drug-likeness (QED) is 0.357. The lowest BCUT2D eigenvalue weighted by molar-refractivity contribution is 0.191. The molecule has 0 saturated heterocycles. The van der Waals surface area contributed by atoms with E-state index in [1.165, 1.54) is 4.57 Å². The number of H-pyrrole nitrogens is 1. The minimum absolute atomic E-state index is 0.165. The molecule has 0 unspecified atom stereocenters. The van der Waals surface area contributed by atoms with Gasteiger partial charge in [0.25, 0.3) is 5.56 Å². The lowest BCUT2D eigenvalue weighted by atomic mass is 10.2. The van der Waals surface area contributed by atoms with Gasteiger partial charge < -0.3 is 14.5 Å². The van der Waals surface area contributed by atoms with Gasteiger partial charge in [-0.2, -0.15) is 0 Å². The summed E-state index contributed by atoms with van der Waals surface area (Å²) in [4.78, 5) is 33.5. The molecule has 4 rings (SSSR count). The second kappa shape index (κ2) is 11.4. The van der Waals surface area contributed by atoms with Gasteiger partial charge in [-0.05, 0) is 55.3 Å². The van der Waals surface area contributed by atoms with Crippen molar-refractivity contribution in [3.63, 3.8) is 0 Å². The third-order valence-electron chi connectivity index (χ3n) is 5.48. The fourth-order valence-electron chi connectivity index (χ4n) is 3.84. The number of imidazole rings is 1. The predicted octanol–water partition coefficient (Wildman–Crippen LogP) is 4.11. The number of aromatic nitrogens is 4. The van der Waals surface area contributed by atoms with Crippen molar-refractivity contribution >= 4 is 11.2 Å². The van der Waals surface area contributed by atoms with Crippen LogP contribution in [0.5, 0.6) is 11.5 Å². The Morgan fingerprint density at radius 1 is 0.972 bits per heavy atom. The largest absolute Gasteiger partial charge is 0.481 e. The highest BCUT2D eigenvalue weighted by Crippen LogP contribution is 2.22. The molecule has 2 heterocycles. The van der Waals surface area contributed by atoms with Crippen LogP contribution >= 0.6 is 0 Å². The lowest BCUT2D eigenvalue weighted by Gasteiger charge is -2.09. The lowest BCUT2D eigenvalue weighted by Crippen LogP contribution is -2.40. The van der Waals surface area contributed by atoms with Crippen molar-refractivity contribution in [1.82, 2.24) is 19.1 Å². The maximum Gasteiger partial charge on any atom is 0.332 e. The smallest absolute Gasteiger partial charge is 0.332 e. The standard InChI is InChI=1S/C27H27FN4O4/c1-3-14-31-25-23(26(33)32(15-4-2)27(31)34)29-24(30-25)20-10-12-21(13-11-20)35-16-6-8-19-7-5-9-22(17-19)36-18-28/h5,7,9-13,17H,3-4,14-16,18H2,1-2H3,(H,29,30). The van der Waals surface area contributed by atoms with E-state index in [-0.39, 0.29) is 17.9 Å². The molecule has 186 valence electrons. The normalized spacial score (nSPS) is 10.8. The molecule has 2 aromatic carbocycles. The molecule has 0 fully saturated rings. The Morgan fingerprint density at radius 3 is 2.44 bits per heavy atom. The van der Waals surface area contributed by atoms with Crippen molar-refractivity contribution in [3.8, 4) is 34.7 Å². The number of fused-ring (bicyclic) bond motifs is 1. The number of ether oxygens (including phenoxy) is 2. The third-order valence-corrected chi connectivity index (χ3v) is 5.48. The fraction of sp³-hybridized carbons (Fsp3) is 0.296. The van der Waals surface area contributed by atoms with Gasteiger partial charge >= 0.3 is 5.69 Å². The molecular weight excluding hydrogens is 463 g/mol. The van der Waals surface area contributed by atoms with Crippen LogP contribution in [0.2, 0.25) is 0 Å². The average molecular weight is 491 g/mol. The van der Waals surface area contributed by atoms with E-state index in [0.29, 0.717) is 53.6 Å². The molecule has 4 aromatic rings. The summed E-state index contributed by atoms with van der Waals surface area (Å²) in [6, 6.07) is 14.1. The molecule has 0 aliphatic rings. The molecule has 0 radical (unpaired) electrons. The van der Waals surface area contributed by atoms with Crippen LogP contribution in [-0.2, 0) is 13.1 Å². The fourth-order valence-corrected chi connectivity index (χ4v) is 3.84. The SMILES string of the molecule is CCCn1c(=O)c2[nH]c(-c3ccc(OCC#Cc4cccc(OCF)c4)cc3)nc2n(CCC)c1=O. The van der Waals surface area contributed by atoms with Gasteiger partial charge in [-0.25, -0.2) is 14.2 Å². The van der Waals surface area contributed by atoms with Crippen molar-refractivity contribution in [2.75, 3.05) is 13.5 Å². The molecule has 0 aliphatic heterocycles. The molecule has 2 aromatic heterocycles. The number of rotatable bonds is 9. The monoisotopic (exact) mass is 490 g/mol. The summed E-state index contributed by atoms with van der Waals surface area (Å²) in [5.41, 5.74) is 1.45. The molecule has 0 saturated carbocycles. The third kappa shape index (κ3) is 5.33. The van der Waals surface area contributed by atoms with Crippen LogP contribution in [0.25, 0.3) is 22.6 Å². The Balaban J connectivity index is 1.52. The summed E-state index contributed by atoms with van der Waals surface area (Å²) in [6.45, 7) is 4.01. The van der Waals surface area contributed by atoms with Gasteiger partial charge in [0.15, 0.2) is 5.65 Å². The van der Waals surface area contributed by atoms with Crippen LogP contribution < -0.4 is 20.7 Å². The Labute approximate surface area is 207 Å². The van der Waals surface area contributed by atoms with Gasteiger partial charge in [0.05, 0.1) is 0 Å². The summed E-state index contributed by atoms with van der Waals surface area (Å²) < 4.78 is 25.7. The minimum atomic E-state index is -0.890. The van der Waals surface area contributed by atoms with Crippen LogP contribution in [0.4, 0.5) is 4.39 Å². The first-order chi connectivity index (χ1) is 17.5. The second-order valence-electron chi connectivity index (χ2n) is 8.07. The predicted molar refractivity (Wildman–Crippen MR) is 136 cm³/mol. The molecule has 0 bridgehead atoms. The first kappa shape index (κ1) is 24.8. The number of alkyl halides is 1. The van der Waals surface area contributed by atoms with E-state index in [4.69, 9.17) is 9.47 Å². The van der Waals surface area contributed by atoms with E-state index < -0.39 is 6.86 Å². The molecular formula is C27H27FN4O4. The Hall–Kier alpha value is -4.32. The molecule has 1 N–H and O–H groups in total. The number of nitrogens with zero attached hydrogens (tertiary/aromatic N) is 3. The maximum absolute atomic E-state index is 12.9. The first-order valence-corrected chi connectivity index (χ1v) is 11.8. The molecule has 0 atom stereocenters. The highest BCUT2D eigenvalue weighted by molar-refractivity contribution is 5.75. The summed E-state index contributed by atoms with van der Waals surface area (Å²) in [7, 11) is 0. The summed E-state index contributed by atoms with van der Waals surface area (Å²) in [6.07, 6.45) is 1.42. The molecule has 8 nitrogen and oxygen atoms in total. The molecule has 0 amide bonds. The van der Waals surface area contributed by atoms with Gasteiger partial charge in [0, 0.05) is 24.2 Å².